The van der Waals surface area contributed by atoms with Gasteiger partial charge < -0.3 is 30.0 Å². The summed E-state index contributed by atoms with van der Waals surface area (Å²) in [5, 5.41) is 38.6. The van der Waals surface area contributed by atoms with Crippen LogP contribution in [-0.4, -0.2) is 22.2 Å². The number of phenols is 2. The molecule has 16 heavy (non-hydrogen) atoms. The quantitative estimate of drug-likeness (QED) is 0.369. The minimum atomic E-state index is -1.72. The zero-order chi connectivity index (χ0) is 10.9. The van der Waals surface area contributed by atoms with Crippen molar-refractivity contribution in [2.75, 3.05) is 0 Å². The molecule has 8 heteroatoms. The van der Waals surface area contributed by atoms with E-state index in [-0.39, 0.29) is 37.7 Å². The normalized spacial score (nSPS) is 8.50. The van der Waals surface area contributed by atoms with E-state index in [0.29, 0.717) is 12.1 Å². The molecule has 0 heterocycles. The summed E-state index contributed by atoms with van der Waals surface area (Å²) >= 11 is 0. The molecule has 0 fully saturated rings. The van der Waals surface area contributed by atoms with E-state index in [1.807, 2.05) is 0 Å². The number of carboxylic acid groups (broad SMARTS) is 2. The van der Waals surface area contributed by atoms with Crippen LogP contribution in [0.4, 0.5) is 0 Å². The predicted octanol–water partition coefficient (Wildman–Crippen LogP) is -8.17. The van der Waals surface area contributed by atoms with Gasteiger partial charge in [0.2, 0.25) is 0 Å². The third-order valence-electron chi connectivity index (χ3n) is 1.55. The summed E-state index contributed by atoms with van der Waals surface area (Å²) in [6.07, 6.45) is 0. The number of rotatable bonds is 2. The molecule has 0 bridgehead atoms. The molecule has 0 saturated carbocycles. The first-order chi connectivity index (χ1) is 6.43. The summed E-state index contributed by atoms with van der Waals surface area (Å²) in [4.78, 5) is 20.6. The summed E-state index contributed by atoms with van der Waals surface area (Å²) < 4.78 is 0. The van der Waals surface area contributed by atoms with E-state index in [9.17, 15) is 19.8 Å². The van der Waals surface area contributed by atoms with Gasteiger partial charge in [-0.15, -0.1) is 0 Å². The van der Waals surface area contributed by atoms with Crippen LogP contribution in [0.15, 0.2) is 12.1 Å². The minimum absolute atomic E-state index is 0. The first-order valence-corrected chi connectivity index (χ1v) is 3.42. The molecule has 0 aromatic heterocycles. The second kappa shape index (κ2) is 6.52. The van der Waals surface area contributed by atoms with Gasteiger partial charge >= 0.3 is 37.7 Å². The zero-order valence-corrected chi connectivity index (χ0v) is 8.68. The van der Waals surface area contributed by atoms with Gasteiger partial charge in [0.15, 0.2) is 0 Å². The van der Waals surface area contributed by atoms with Gasteiger partial charge in [0.1, 0.15) is 11.5 Å². The average Bonchev–Trinajstić information content (AvgIpc) is 2.07. The Balaban J connectivity index is 0. The van der Waals surface area contributed by atoms with Crippen LogP contribution < -0.4 is 47.9 Å². The number of carbonyl (C=O) groups excluding carboxylic acids is 2. The number of aromatic carboxylic acids is 2. The van der Waals surface area contributed by atoms with Crippen LogP contribution in [-0.2, 0) is 0 Å². The summed E-state index contributed by atoms with van der Waals surface area (Å²) in [6.45, 7) is 0. The first-order valence-electron chi connectivity index (χ1n) is 3.42. The number of aromatic hydroxyl groups is 2. The third kappa shape index (κ3) is 3.51. The van der Waals surface area contributed by atoms with Crippen LogP contribution in [0.3, 0.4) is 0 Å². The van der Waals surface area contributed by atoms with Crippen LogP contribution in [0.2, 0.25) is 0 Å². The molecular weight excluding hydrogens is 206 g/mol. The maximum Gasteiger partial charge on any atom is 1.00 e. The van der Waals surface area contributed by atoms with Crippen LogP contribution in [0.1, 0.15) is 20.7 Å². The van der Waals surface area contributed by atoms with Crippen molar-refractivity contribution >= 4 is 11.9 Å². The second-order valence-electron chi connectivity index (χ2n) is 2.46. The van der Waals surface area contributed by atoms with E-state index in [0.717, 1.165) is 0 Å². The van der Waals surface area contributed by atoms with Crippen molar-refractivity contribution in [3.8, 4) is 11.5 Å². The topological polar surface area (TPSA) is 121 Å². The van der Waals surface area contributed by atoms with Gasteiger partial charge in [0.25, 0.3) is 0 Å². The fourth-order valence-electron chi connectivity index (χ4n) is 0.904. The van der Waals surface area contributed by atoms with Crippen molar-refractivity contribution in [1.82, 2.24) is 0 Å². The molecule has 0 aliphatic rings. The fourth-order valence-corrected chi connectivity index (χ4v) is 0.904. The van der Waals surface area contributed by atoms with Crippen molar-refractivity contribution in [3.63, 3.8) is 0 Å². The Kier molecular flexibility index (Phi) is 7.07. The molecule has 1 aromatic rings. The largest absolute Gasteiger partial charge is 1.00 e. The number of benzene rings is 1. The summed E-state index contributed by atoms with van der Waals surface area (Å²) in [7, 11) is 0. The number of hydrogen-bond acceptors (Lipinski definition) is 6. The fraction of sp³-hybridized carbons (Fsp3) is 0. The Bertz CT molecular complexity index is 377. The van der Waals surface area contributed by atoms with Gasteiger partial charge in [-0.05, 0) is 12.1 Å². The Morgan fingerprint density at radius 2 is 1.12 bits per heavy atom. The van der Waals surface area contributed by atoms with Crippen LogP contribution in [0, 0.1) is 0 Å². The van der Waals surface area contributed by atoms with Crippen molar-refractivity contribution < 1.29 is 67.7 Å². The first kappa shape index (κ1) is 17.4. The van der Waals surface area contributed by atoms with Crippen LogP contribution >= 0.6 is 0 Å². The second-order valence-corrected chi connectivity index (χ2v) is 2.46. The summed E-state index contributed by atoms with van der Waals surface area (Å²) in [5.41, 5.74) is -1.38. The Morgan fingerprint density at radius 1 is 0.875 bits per heavy atom. The van der Waals surface area contributed by atoms with E-state index >= 15 is 0 Å². The molecule has 0 spiro atoms. The molecule has 1 rings (SSSR count). The molecule has 0 atom stereocenters. The predicted molar refractivity (Wildman–Crippen MR) is 38.4 cm³/mol. The van der Waals surface area contributed by atoms with Gasteiger partial charge in [0.05, 0.1) is 11.9 Å². The molecule has 1 aromatic carbocycles. The van der Waals surface area contributed by atoms with Crippen LogP contribution in [0.25, 0.3) is 0 Å². The minimum Gasteiger partial charge on any atom is -0.545 e. The number of carbonyl (C=O) groups is 2. The van der Waals surface area contributed by atoms with Gasteiger partial charge in [-0.2, -0.15) is 0 Å². The Hall–Kier alpha value is -1.05. The molecule has 0 aliphatic carbocycles. The van der Waals surface area contributed by atoms with Crippen molar-refractivity contribution in [2.45, 2.75) is 0 Å². The van der Waals surface area contributed by atoms with Crippen molar-refractivity contribution in [3.05, 3.63) is 23.3 Å². The molecular formula is C8H4Li2O6. The molecule has 74 valence electrons. The Morgan fingerprint density at radius 3 is 1.31 bits per heavy atom. The van der Waals surface area contributed by atoms with E-state index in [4.69, 9.17) is 10.2 Å². The smallest absolute Gasteiger partial charge is 0.545 e. The van der Waals surface area contributed by atoms with Crippen molar-refractivity contribution in [2.24, 2.45) is 0 Å². The van der Waals surface area contributed by atoms with Gasteiger partial charge in [-0.1, -0.05) is 0 Å². The van der Waals surface area contributed by atoms with Gasteiger partial charge in [0, 0.05) is 11.1 Å². The van der Waals surface area contributed by atoms with Gasteiger partial charge in [-0.25, -0.2) is 0 Å². The number of hydrogen-bond donors (Lipinski definition) is 2. The molecule has 0 aliphatic heterocycles. The Labute approximate surface area is 114 Å². The summed E-state index contributed by atoms with van der Waals surface area (Å²) in [6, 6.07) is 1.16. The molecule has 0 radical (unpaired) electrons. The molecule has 0 amide bonds. The van der Waals surface area contributed by atoms with E-state index in [1.54, 1.807) is 0 Å². The molecule has 0 saturated heterocycles. The molecule has 0 unspecified atom stereocenters. The molecule has 6 nitrogen and oxygen atoms in total. The maximum atomic E-state index is 10.3. The van der Waals surface area contributed by atoms with Crippen LogP contribution in [0.5, 0.6) is 11.5 Å². The SMILES string of the molecule is O=C([O-])c1cc(O)c(C(=O)[O-])cc1O.[Li+].[Li+]. The standard InChI is InChI=1S/C8H6O6.2Li/c9-5-1-3(7(11)12)6(10)2-4(5)8(13)14;;/h1-2,9-10H,(H,11,12)(H,13,14);;/q;2*+1/p-2. The zero-order valence-electron chi connectivity index (χ0n) is 8.68. The van der Waals surface area contributed by atoms with Crippen molar-refractivity contribution in [1.29, 1.82) is 0 Å². The molecule has 2 N–H and O–H groups in total. The number of carboxylic acids is 2. The van der Waals surface area contributed by atoms with E-state index in [1.165, 1.54) is 0 Å². The summed E-state index contributed by atoms with van der Waals surface area (Å²) in [5.74, 6) is -5.05. The van der Waals surface area contributed by atoms with Gasteiger partial charge in [-0.3, -0.25) is 0 Å². The average molecular weight is 210 g/mol. The monoisotopic (exact) mass is 210 g/mol. The third-order valence-corrected chi connectivity index (χ3v) is 1.55. The van der Waals surface area contributed by atoms with E-state index < -0.39 is 34.6 Å². The van der Waals surface area contributed by atoms with E-state index in [2.05, 4.69) is 0 Å². The maximum absolute atomic E-state index is 10.3.